The smallest absolute Gasteiger partial charge is 0.299 e. The quantitative estimate of drug-likeness (QED) is 0.754. The van der Waals surface area contributed by atoms with Gasteiger partial charge in [0.25, 0.3) is 5.56 Å². The highest BCUT2D eigenvalue weighted by Crippen LogP contribution is 2.20. The fraction of sp³-hybridized carbons (Fsp3) is 0.125. The van der Waals surface area contributed by atoms with Crippen LogP contribution in [0.4, 0.5) is 17.2 Å². The maximum atomic E-state index is 12.6. The van der Waals surface area contributed by atoms with Crippen LogP contribution in [-0.2, 0) is 7.05 Å². The third kappa shape index (κ3) is 2.76. The maximum absolute atomic E-state index is 12.6. The Hall–Kier alpha value is -3.22. The molecule has 0 radical (unpaired) electrons. The van der Waals surface area contributed by atoms with E-state index in [0.717, 1.165) is 11.4 Å². The van der Waals surface area contributed by atoms with Crippen LogP contribution in [0.2, 0.25) is 0 Å². The monoisotopic (exact) mass is 308 g/mol. The first-order chi connectivity index (χ1) is 11.1. The van der Waals surface area contributed by atoms with Gasteiger partial charge in [-0.3, -0.25) is 9.48 Å². The molecule has 0 aliphatic heterocycles. The van der Waals surface area contributed by atoms with Gasteiger partial charge < -0.3 is 5.73 Å². The third-order valence-corrected chi connectivity index (χ3v) is 3.56. The van der Waals surface area contributed by atoms with Gasteiger partial charge in [-0.2, -0.15) is 0 Å². The van der Waals surface area contributed by atoms with Crippen molar-refractivity contribution in [3.63, 3.8) is 0 Å². The first-order valence-corrected chi connectivity index (χ1v) is 7.05. The number of para-hydroxylation sites is 1. The molecule has 3 aromatic rings. The Balaban J connectivity index is 2.04. The molecule has 0 bridgehead atoms. The second kappa shape index (κ2) is 5.88. The van der Waals surface area contributed by atoms with E-state index in [-0.39, 0.29) is 5.56 Å². The molecule has 0 spiro atoms. The van der Waals surface area contributed by atoms with E-state index in [1.807, 2.05) is 44.3 Å². The van der Waals surface area contributed by atoms with E-state index in [2.05, 4.69) is 15.2 Å². The van der Waals surface area contributed by atoms with E-state index in [4.69, 9.17) is 5.73 Å². The fourth-order valence-corrected chi connectivity index (χ4v) is 2.23. The van der Waals surface area contributed by atoms with E-state index in [1.165, 1.54) is 6.20 Å². The third-order valence-electron chi connectivity index (χ3n) is 3.56. The van der Waals surface area contributed by atoms with Gasteiger partial charge in [0, 0.05) is 7.05 Å². The van der Waals surface area contributed by atoms with Crippen molar-refractivity contribution in [2.45, 2.75) is 6.92 Å². The lowest BCUT2D eigenvalue weighted by atomic mass is 10.3. The van der Waals surface area contributed by atoms with Gasteiger partial charge in [-0.1, -0.05) is 18.2 Å². The number of anilines is 1. The number of benzene rings is 1. The highest BCUT2D eigenvalue weighted by atomic mass is 16.1. The Labute approximate surface area is 132 Å². The van der Waals surface area contributed by atoms with E-state index >= 15 is 0 Å². The Bertz CT molecular complexity index is 906. The topological polar surface area (TPSA) is 90.6 Å². The van der Waals surface area contributed by atoms with Crippen LogP contribution < -0.4 is 11.3 Å². The molecule has 2 N–H and O–H groups in total. The SMILES string of the molecule is Cc1c(/N=N/c2ccc(N)nc2)c(=O)n(-c2ccccc2)n1C. The molecule has 0 amide bonds. The zero-order valence-electron chi connectivity index (χ0n) is 12.8. The number of hydrogen-bond donors (Lipinski definition) is 1. The summed E-state index contributed by atoms with van der Waals surface area (Å²) < 4.78 is 3.32. The van der Waals surface area contributed by atoms with Crippen LogP contribution >= 0.6 is 0 Å². The number of pyridine rings is 1. The molecule has 116 valence electrons. The highest BCUT2D eigenvalue weighted by Gasteiger charge is 2.15. The van der Waals surface area contributed by atoms with Crippen LogP contribution in [0.15, 0.2) is 63.7 Å². The number of nitrogen functional groups attached to an aromatic ring is 1. The number of aromatic nitrogens is 3. The standard InChI is InChI=1S/C16H16N6O/c1-11-15(20-19-12-8-9-14(17)18-10-12)16(23)22(21(11)2)13-6-4-3-5-7-13/h3-10H,1-2H3,(H2,17,18)/b20-19+. The Kier molecular flexibility index (Phi) is 3.76. The van der Waals surface area contributed by atoms with Crippen molar-refractivity contribution in [3.05, 3.63) is 64.7 Å². The van der Waals surface area contributed by atoms with Crippen LogP contribution in [0.1, 0.15) is 5.69 Å². The molecule has 7 nitrogen and oxygen atoms in total. The van der Waals surface area contributed by atoms with E-state index < -0.39 is 0 Å². The largest absolute Gasteiger partial charge is 0.384 e. The molecule has 7 heteroatoms. The predicted octanol–water partition coefficient (Wildman–Crippen LogP) is 2.88. The van der Waals surface area contributed by atoms with Crippen molar-refractivity contribution < 1.29 is 0 Å². The summed E-state index contributed by atoms with van der Waals surface area (Å²) in [6.45, 7) is 1.83. The van der Waals surface area contributed by atoms with Gasteiger partial charge in [-0.25, -0.2) is 9.67 Å². The summed E-state index contributed by atoms with van der Waals surface area (Å²) >= 11 is 0. The van der Waals surface area contributed by atoms with Crippen molar-refractivity contribution in [1.82, 2.24) is 14.3 Å². The minimum atomic E-state index is -0.219. The van der Waals surface area contributed by atoms with Gasteiger partial charge in [-0.15, -0.1) is 10.2 Å². The molecule has 0 saturated carbocycles. The lowest BCUT2D eigenvalue weighted by Gasteiger charge is -2.07. The lowest BCUT2D eigenvalue weighted by molar-refractivity contribution is 0.630. The fourth-order valence-electron chi connectivity index (χ4n) is 2.23. The molecular weight excluding hydrogens is 292 g/mol. The number of rotatable bonds is 3. The molecule has 0 atom stereocenters. The van der Waals surface area contributed by atoms with Crippen molar-refractivity contribution >= 4 is 17.2 Å². The van der Waals surface area contributed by atoms with Gasteiger partial charge in [0.1, 0.15) is 11.5 Å². The zero-order valence-corrected chi connectivity index (χ0v) is 12.8. The molecule has 0 aliphatic rings. The Morgan fingerprint density at radius 3 is 2.48 bits per heavy atom. The van der Waals surface area contributed by atoms with Crippen molar-refractivity contribution in [3.8, 4) is 5.69 Å². The molecule has 2 aromatic heterocycles. The van der Waals surface area contributed by atoms with Gasteiger partial charge in [0.05, 0.1) is 17.6 Å². The van der Waals surface area contributed by atoms with Crippen molar-refractivity contribution in [1.29, 1.82) is 0 Å². The van der Waals surface area contributed by atoms with Crippen molar-refractivity contribution in [2.24, 2.45) is 17.3 Å². The first kappa shape index (κ1) is 14.7. The first-order valence-electron chi connectivity index (χ1n) is 7.05. The van der Waals surface area contributed by atoms with Gasteiger partial charge >= 0.3 is 0 Å². The Morgan fingerprint density at radius 1 is 1.09 bits per heavy atom. The molecule has 1 aromatic carbocycles. The van der Waals surface area contributed by atoms with Gasteiger partial charge in [-0.05, 0) is 31.2 Å². The number of hydrogen-bond acceptors (Lipinski definition) is 5. The highest BCUT2D eigenvalue weighted by molar-refractivity contribution is 5.45. The molecule has 0 unspecified atom stereocenters. The summed E-state index contributed by atoms with van der Waals surface area (Å²) in [5, 5.41) is 8.17. The average molecular weight is 308 g/mol. The number of nitrogens with zero attached hydrogens (tertiary/aromatic N) is 5. The molecule has 0 aliphatic carbocycles. The summed E-state index contributed by atoms with van der Waals surface area (Å²) in [5.74, 6) is 0.409. The van der Waals surface area contributed by atoms with Crippen LogP contribution in [0, 0.1) is 6.92 Å². The molecular formula is C16H16N6O. The average Bonchev–Trinajstić information content (AvgIpc) is 2.78. The second-order valence-electron chi connectivity index (χ2n) is 5.05. The minimum absolute atomic E-state index is 0.219. The van der Waals surface area contributed by atoms with Crippen LogP contribution in [0.25, 0.3) is 5.69 Å². The van der Waals surface area contributed by atoms with Crippen LogP contribution in [0.3, 0.4) is 0 Å². The van der Waals surface area contributed by atoms with E-state index in [1.54, 1.807) is 21.5 Å². The maximum Gasteiger partial charge on any atom is 0.299 e. The van der Waals surface area contributed by atoms with Gasteiger partial charge in [0.15, 0.2) is 5.69 Å². The van der Waals surface area contributed by atoms with E-state index in [0.29, 0.717) is 17.2 Å². The second-order valence-corrected chi connectivity index (χ2v) is 5.05. The predicted molar refractivity (Wildman–Crippen MR) is 88.6 cm³/mol. The minimum Gasteiger partial charge on any atom is -0.384 e. The summed E-state index contributed by atoms with van der Waals surface area (Å²) in [6, 6.07) is 12.7. The number of nitrogens with two attached hydrogens (primary N) is 1. The van der Waals surface area contributed by atoms with Gasteiger partial charge in [0.2, 0.25) is 0 Å². The molecule has 23 heavy (non-hydrogen) atoms. The molecule has 0 saturated heterocycles. The van der Waals surface area contributed by atoms with Crippen LogP contribution in [-0.4, -0.2) is 14.3 Å². The molecule has 2 heterocycles. The summed E-state index contributed by atoms with van der Waals surface area (Å²) in [7, 11) is 1.81. The summed E-state index contributed by atoms with van der Waals surface area (Å²) in [6.07, 6.45) is 1.51. The number of azo groups is 1. The van der Waals surface area contributed by atoms with E-state index in [9.17, 15) is 4.79 Å². The Morgan fingerprint density at radius 2 is 1.83 bits per heavy atom. The zero-order chi connectivity index (χ0) is 16.4. The summed E-state index contributed by atoms with van der Waals surface area (Å²) in [5.41, 5.74) is 7.65. The van der Waals surface area contributed by atoms with Crippen LogP contribution in [0.5, 0.6) is 0 Å². The molecule has 0 fully saturated rings. The lowest BCUT2D eigenvalue weighted by Crippen LogP contribution is -2.19. The van der Waals surface area contributed by atoms with Crippen molar-refractivity contribution in [2.75, 3.05) is 5.73 Å². The summed E-state index contributed by atoms with van der Waals surface area (Å²) in [4.78, 5) is 16.6. The normalized spacial score (nSPS) is 11.2. The molecule has 3 rings (SSSR count).